The Hall–Kier alpha value is -4.37. The molecule has 0 aliphatic rings. The Labute approximate surface area is 176 Å². The molecule has 0 saturated heterocycles. The molecule has 0 aliphatic carbocycles. The first-order chi connectivity index (χ1) is 15.0. The van der Waals surface area contributed by atoms with Gasteiger partial charge in [-0.3, -0.25) is 9.78 Å². The SMILES string of the molecule is Cc1c(C#N)cccc1-c1nc2[nH]c(=O)ccc2cc1-c1ccc2ncc(F)cc2c1. The predicted molar refractivity (Wildman–Crippen MR) is 118 cm³/mol. The van der Waals surface area contributed by atoms with Crippen LogP contribution in [0.2, 0.25) is 0 Å². The van der Waals surface area contributed by atoms with E-state index in [-0.39, 0.29) is 5.56 Å². The van der Waals surface area contributed by atoms with Gasteiger partial charge in [-0.15, -0.1) is 0 Å². The highest BCUT2D eigenvalue weighted by molar-refractivity contribution is 5.94. The van der Waals surface area contributed by atoms with Crippen LogP contribution < -0.4 is 5.56 Å². The zero-order chi connectivity index (χ0) is 21.5. The number of nitrogens with one attached hydrogen (secondary N) is 1. The fourth-order valence-corrected chi connectivity index (χ4v) is 3.79. The number of rotatable bonds is 2. The second kappa shape index (κ2) is 7.15. The van der Waals surface area contributed by atoms with Crippen LogP contribution in [0.15, 0.2) is 71.7 Å². The lowest BCUT2D eigenvalue weighted by atomic mass is 9.93. The Kier molecular flexibility index (Phi) is 4.30. The van der Waals surface area contributed by atoms with Gasteiger partial charge in [-0.05, 0) is 54.4 Å². The monoisotopic (exact) mass is 406 g/mol. The van der Waals surface area contributed by atoms with Crippen LogP contribution >= 0.6 is 0 Å². The summed E-state index contributed by atoms with van der Waals surface area (Å²) in [5, 5.41) is 10.9. The number of pyridine rings is 3. The van der Waals surface area contributed by atoms with Crippen molar-refractivity contribution in [3.63, 3.8) is 0 Å². The molecule has 5 aromatic rings. The molecule has 0 atom stereocenters. The lowest BCUT2D eigenvalue weighted by Crippen LogP contribution is -2.05. The molecular weight excluding hydrogens is 391 g/mol. The summed E-state index contributed by atoms with van der Waals surface area (Å²) in [6, 6.07) is 19.8. The summed E-state index contributed by atoms with van der Waals surface area (Å²) in [5.41, 5.74) is 5.32. The maximum atomic E-state index is 13.8. The van der Waals surface area contributed by atoms with Crippen LogP contribution in [0.1, 0.15) is 11.1 Å². The van der Waals surface area contributed by atoms with Gasteiger partial charge >= 0.3 is 0 Å². The fourth-order valence-electron chi connectivity index (χ4n) is 3.79. The van der Waals surface area contributed by atoms with E-state index in [0.717, 1.165) is 27.6 Å². The van der Waals surface area contributed by atoms with Crippen LogP contribution in [-0.2, 0) is 0 Å². The van der Waals surface area contributed by atoms with Gasteiger partial charge in [-0.2, -0.15) is 5.26 Å². The van der Waals surface area contributed by atoms with Crippen molar-refractivity contribution in [2.24, 2.45) is 0 Å². The van der Waals surface area contributed by atoms with Crippen LogP contribution in [0.3, 0.4) is 0 Å². The normalized spacial score (nSPS) is 11.0. The van der Waals surface area contributed by atoms with E-state index in [2.05, 4.69) is 16.0 Å². The molecule has 0 bridgehead atoms. The average Bonchev–Trinajstić information content (AvgIpc) is 2.78. The quantitative estimate of drug-likeness (QED) is 0.441. The summed E-state index contributed by atoms with van der Waals surface area (Å²) in [7, 11) is 0. The van der Waals surface area contributed by atoms with Gasteiger partial charge in [0.1, 0.15) is 11.5 Å². The summed E-state index contributed by atoms with van der Waals surface area (Å²) in [6.45, 7) is 1.87. The maximum absolute atomic E-state index is 13.8. The number of halogens is 1. The van der Waals surface area contributed by atoms with Gasteiger partial charge in [0, 0.05) is 28.0 Å². The summed E-state index contributed by atoms with van der Waals surface area (Å²) in [6.07, 6.45) is 1.19. The van der Waals surface area contributed by atoms with Gasteiger partial charge in [-0.25, -0.2) is 9.37 Å². The van der Waals surface area contributed by atoms with Crippen LogP contribution in [0.5, 0.6) is 0 Å². The highest BCUT2D eigenvalue weighted by Gasteiger charge is 2.16. The molecule has 148 valence electrons. The van der Waals surface area contributed by atoms with Crippen LogP contribution in [0.4, 0.5) is 4.39 Å². The Bertz CT molecular complexity index is 1600. The van der Waals surface area contributed by atoms with Crippen LogP contribution in [0, 0.1) is 24.1 Å². The van der Waals surface area contributed by atoms with E-state index < -0.39 is 5.82 Å². The molecule has 0 radical (unpaired) electrons. The molecule has 0 saturated carbocycles. The van der Waals surface area contributed by atoms with Crippen molar-refractivity contribution in [2.45, 2.75) is 6.92 Å². The molecule has 0 fully saturated rings. The Morgan fingerprint density at radius 3 is 2.71 bits per heavy atom. The molecule has 5 rings (SSSR count). The zero-order valence-corrected chi connectivity index (χ0v) is 16.5. The second-order valence-electron chi connectivity index (χ2n) is 7.30. The minimum absolute atomic E-state index is 0.242. The molecule has 1 N–H and O–H groups in total. The number of nitriles is 1. The number of benzene rings is 2. The third-order valence-electron chi connectivity index (χ3n) is 5.38. The number of nitrogens with zero attached hydrogens (tertiary/aromatic N) is 3. The standard InChI is InChI=1S/C25H15FN4O/c1-14-17(12-27)3-2-4-20(14)24-21(11-16-6-8-23(31)29-25(16)30-24)15-5-7-22-18(9-15)10-19(26)13-28-22/h2-11,13H,1H3,(H,29,30,31). The van der Waals surface area contributed by atoms with Gasteiger partial charge < -0.3 is 4.98 Å². The lowest BCUT2D eigenvalue weighted by Gasteiger charge is -2.14. The highest BCUT2D eigenvalue weighted by atomic mass is 19.1. The number of hydrogen-bond donors (Lipinski definition) is 1. The molecule has 31 heavy (non-hydrogen) atoms. The van der Waals surface area contributed by atoms with Crippen molar-refractivity contribution in [1.82, 2.24) is 15.0 Å². The van der Waals surface area contributed by atoms with Crippen molar-refractivity contribution in [1.29, 1.82) is 5.26 Å². The van der Waals surface area contributed by atoms with Crippen molar-refractivity contribution >= 4 is 21.9 Å². The van der Waals surface area contributed by atoms with Crippen LogP contribution in [0.25, 0.3) is 44.3 Å². The number of aromatic nitrogens is 3. The number of aromatic amines is 1. The Morgan fingerprint density at radius 2 is 1.87 bits per heavy atom. The minimum Gasteiger partial charge on any atom is -0.307 e. The van der Waals surface area contributed by atoms with E-state index in [1.165, 1.54) is 18.3 Å². The topological polar surface area (TPSA) is 82.4 Å². The Balaban J connectivity index is 1.85. The van der Waals surface area contributed by atoms with Crippen molar-refractivity contribution in [3.8, 4) is 28.5 Å². The summed E-state index contributed by atoms with van der Waals surface area (Å²) in [4.78, 5) is 23.5. The molecule has 3 heterocycles. The van der Waals surface area contributed by atoms with E-state index in [0.29, 0.717) is 27.8 Å². The van der Waals surface area contributed by atoms with Gasteiger partial charge in [0.2, 0.25) is 5.56 Å². The molecule has 3 aromatic heterocycles. The third-order valence-corrected chi connectivity index (χ3v) is 5.38. The molecule has 0 aliphatic heterocycles. The van der Waals surface area contributed by atoms with Gasteiger partial charge in [0.25, 0.3) is 0 Å². The first-order valence-corrected chi connectivity index (χ1v) is 9.63. The molecule has 0 unspecified atom stereocenters. The molecule has 5 nitrogen and oxygen atoms in total. The molecule has 6 heteroatoms. The second-order valence-corrected chi connectivity index (χ2v) is 7.30. The van der Waals surface area contributed by atoms with E-state index >= 15 is 0 Å². The molecule has 0 amide bonds. The van der Waals surface area contributed by atoms with Crippen molar-refractivity contribution in [3.05, 3.63) is 94.2 Å². The molecule has 0 spiro atoms. The van der Waals surface area contributed by atoms with Gasteiger partial charge in [-0.1, -0.05) is 18.2 Å². The van der Waals surface area contributed by atoms with Gasteiger partial charge in [0.05, 0.1) is 29.0 Å². The van der Waals surface area contributed by atoms with Crippen LogP contribution in [-0.4, -0.2) is 15.0 Å². The fraction of sp³-hybridized carbons (Fsp3) is 0.0400. The highest BCUT2D eigenvalue weighted by Crippen LogP contribution is 2.36. The van der Waals surface area contributed by atoms with E-state index in [4.69, 9.17) is 4.98 Å². The zero-order valence-electron chi connectivity index (χ0n) is 16.5. The maximum Gasteiger partial charge on any atom is 0.249 e. The summed E-state index contributed by atoms with van der Waals surface area (Å²) in [5.74, 6) is -0.406. The molecule has 2 aromatic carbocycles. The Morgan fingerprint density at radius 1 is 1.00 bits per heavy atom. The van der Waals surface area contributed by atoms with Crippen molar-refractivity contribution in [2.75, 3.05) is 0 Å². The smallest absolute Gasteiger partial charge is 0.249 e. The first kappa shape index (κ1) is 18.6. The van der Waals surface area contributed by atoms with Crippen molar-refractivity contribution < 1.29 is 4.39 Å². The van der Waals surface area contributed by atoms with E-state index in [1.54, 1.807) is 12.1 Å². The molecular formula is C25H15FN4O. The number of H-pyrrole nitrogens is 1. The average molecular weight is 406 g/mol. The minimum atomic E-state index is -0.406. The van der Waals surface area contributed by atoms with E-state index in [9.17, 15) is 14.4 Å². The lowest BCUT2D eigenvalue weighted by molar-refractivity contribution is 0.624. The predicted octanol–water partition coefficient (Wildman–Crippen LogP) is 5.12. The first-order valence-electron chi connectivity index (χ1n) is 9.63. The third kappa shape index (κ3) is 3.22. The van der Waals surface area contributed by atoms with E-state index in [1.807, 2.05) is 43.3 Å². The summed E-state index contributed by atoms with van der Waals surface area (Å²) < 4.78 is 13.8. The number of fused-ring (bicyclic) bond motifs is 2. The van der Waals surface area contributed by atoms with Gasteiger partial charge in [0.15, 0.2) is 0 Å². The summed E-state index contributed by atoms with van der Waals surface area (Å²) >= 11 is 0. The number of hydrogen-bond acceptors (Lipinski definition) is 4. The largest absolute Gasteiger partial charge is 0.307 e.